The van der Waals surface area contributed by atoms with E-state index in [-0.39, 0.29) is 23.9 Å². The Balaban J connectivity index is 1.60. The van der Waals surface area contributed by atoms with E-state index in [0.29, 0.717) is 11.4 Å². The van der Waals surface area contributed by atoms with Gasteiger partial charge in [-0.2, -0.15) is 0 Å². The summed E-state index contributed by atoms with van der Waals surface area (Å²) in [4.78, 5) is 28.2. The minimum absolute atomic E-state index is 0.133. The summed E-state index contributed by atoms with van der Waals surface area (Å²) in [5.74, 6) is -0.133. The van der Waals surface area contributed by atoms with E-state index in [1.165, 1.54) is 11.3 Å². The second kappa shape index (κ2) is 8.04. The first-order valence-corrected chi connectivity index (χ1v) is 10.1. The lowest BCUT2D eigenvalue weighted by atomic mass is 10.0. The Morgan fingerprint density at radius 3 is 2.96 bits per heavy atom. The van der Waals surface area contributed by atoms with Gasteiger partial charge in [-0.05, 0) is 31.0 Å². The van der Waals surface area contributed by atoms with Gasteiger partial charge in [0.1, 0.15) is 10.7 Å². The molecule has 0 unspecified atom stereocenters. The molecule has 3 aromatic rings. The van der Waals surface area contributed by atoms with E-state index in [1.807, 2.05) is 11.4 Å². The molecule has 28 heavy (non-hydrogen) atoms. The number of anilines is 2. The molecule has 0 saturated carbocycles. The molecule has 144 valence electrons. The average Bonchev–Trinajstić information content (AvgIpc) is 3.23. The van der Waals surface area contributed by atoms with Crippen molar-refractivity contribution in [3.8, 4) is 10.7 Å². The summed E-state index contributed by atoms with van der Waals surface area (Å²) in [6.45, 7) is 1.71. The van der Waals surface area contributed by atoms with Gasteiger partial charge in [-0.25, -0.2) is 9.97 Å². The van der Waals surface area contributed by atoms with Crippen LogP contribution in [0.5, 0.6) is 0 Å². The molecule has 0 amide bonds. The van der Waals surface area contributed by atoms with Crippen LogP contribution in [0.15, 0.2) is 42.2 Å². The molecular weight excluding hydrogens is 372 g/mol. The number of hydrogen-bond donors (Lipinski definition) is 2. The molecule has 1 saturated heterocycles. The van der Waals surface area contributed by atoms with Gasteiger partial charge in [0, 0.05) is 60.8 Å². The Kier molecular flexibility index (Phi) is 5.31. The van der Waals surface area contributed by atoms with E-state index in [0.717, 1.165) is 42.2 Å². The van der Waals surface area contributed by atoms with Crippen LogP contribution in [0.25, 0.3) is 10.7 Å². The molecule has 4 rings (SSSR count). The van der Waals surface area contributed by atoms with Crippen LogP contribution < -0.4 is 16.4 Å². The minimum atomic E-state index is -0.133. The third-order valence-corrected chi connectivity index (χ3v) is 5.66. The fourth-order valence-electron chi connectivity index (χ4n) is 3.51. The standard InChI is InChI=1S/C20H22N6OS/c21-14-2-1-8-26(12-14)17-5-6-23-11-13(17)10-18(27)19-15(22)3-4-16(25-19)20-24-7-9-28-20/h3-7,9,11,14H,1-2,8,10,12,21-22H2/t14-/m0/s1. The number of carbonyl (C=O) groups excluding carboxylic acids is 1. The summed E-state index contributed by atoms with van der Waals surface area (Å²) in [7, 11) is 0. The number of aromatic nitrogens is 3. The van der Waals surface area contributed by atoms with Gasteiger partial charge in [-0.1, -0.05) is 0 Å². The predicted octanol–water partition coefficient (Wildman–Crippen LogP) is 2.54. The van der Waals surface area contributed by atoms with E-state index < -0.39 is 0 Å². The summed E-state index contributed by atoms with van der Waals surface area (Å²) < 4.78 is 0. The maximum atomic E-state index is 13.0. The predicted molar refractivity (Wildman–Crippen MR) is 111 cm³/mol. The monoisotopic (exact) mass is 394 g/mol. The summed E-state index contributed by atoms with van der Waals surface area (Å²) in [6.07, 6.45) is 7.46. The highest BCUT2D eigenvalue weighted by molar-refractivity contribution is 7.13. The van der Waals surface area contributed by atoms with E-state index in [4.69, 9.17) is 11.5 Å². The minimum Gasteiger partial charge on any atom is -0.397 e. The lowest BCUT2D eigenvalue weighted by Gasteiger charge is -2.33. The van der Waals surface area contributed by atoms with Crippen LogP contribution in [-0.4, -0.2) is 39.9 Å². The molecule has 0 bridgehead atoms. The molecule has 1 aliphatic heterocycles. The quantitative estimate of drug-likeness (QED) is 0.640. The second-order valence-electron chi connectivity index (χ2n) is 6.92. The largest absolute Gasteiger partial charge is 0.397 e. The van der Waals surface area contributed by atoms with E-state index in [9.17, 15) is 4.79 Å². The van der Waals surface area contributed by atoms with E-state index >= 15 is 0 Å². The SMILES string of the molecule is Nc1ccc(-c2nccs2)nc1C(=O)Cc1cnccc1N1CCC[C@H](N)C1. The Morgan fingerprint density at radius 2 is 2.18 bits per heavy atom. The highest BCUT2D eigenvalue weighted by Crippen LogP contribution is 2.26. The summed E-state index contributed by atoms with van der Waals surface area (Å²) >= 11 is 1.47. The first kappa shape index (κ1) is 18.5. The number of nitrogen functional groups attached to an aromatic ring is 1. The summed E-state index contributed by atoms with van der Waals surface area (Å²) in [6, 6.07) is 5.60. The molecule has 0 aliphatic carbocycles. The van der Waals surface area contributed by atoms with Crippen molar-refractivity contribution >= 4 is 28.5 Å². The van der Waals surface area contributed by atoms with Gasteiger partial charge in [-0.3, -0.25) is 9.78 Å². The molecule has 7 nitrogen and oxygen atoms in total. The number of carbonyl (C=O) groups is 1. The van der Waals surface area contributed by atoms with Crippen molar-refractivity contribution in [1.82, 2.24) is 15.0 Å². The Hall–Kier alpha value is -2.84. The maximum absolute atomic E-state index is 13.0. The molecule has 1 fully saturated rings. The van der Waals surface area contributed by atoms with Crippen LogP contribution >= 0.6 is 11.3 Å². The van der Waals surface area contributed by atoms with E-state index in [1.54, 1.807) is 30.7 Å². The van der Waals surface area contributed by atoms with Crippen molar-refractivity contribution < 1.29 is 4.79 Å². The number of pyridine rings is 2. The molecule has 0 aromatic carbocycles. The maximum Gasteiger partial charge on any atom is 0.187 e. The van der Waals surface area contributed by atoms with Crippen LogP contribution in [0.4, 0.5) is 11.4 Å². The highest BCUT2D eigenvalue weighted by Gasteiger charge is 2.22. The van der Waals surface area contributed by atoms with Crippen molar-refractivity contribution in [2.45, 2.75) is 25.3 Å². The van der Waals surface area contributed by atoms with Crippen LogP contribution in [0.1, 0.15) is 28.9 Å². The number of piperidine rings is 1. The zero-order valence-corrected chi connectivity index (χ0v) is 16.2. The van der Waals surface area contributed by atoms with Crippen molar-refractivity contribution in [2.24, 2.45) is 5.73 Å². The number of hydrogen-bond acceptors (Lipinski definition) is 8. The summed E-state index contributed by atoms with van der Waals surface area (Å²) in [5, 5.41) is 2.64. The number of nitrogens with zero attached hydrogens (tertiary/aromatic N) is 4. The average molecular weight is 395 g/mol. The molecule has 8 heteroatoms. The van der Waals surface area contributed by atoms with Gasteiger partial charge in [0.2, 0.25) is 0 Å². The number of ketones is 1. The van der Waals surface area contributed by atoms with Gasteiger partial charge < -0.3 is 16.4 Å². The van der Waals surface area contributed by atoms with Crippen molar-refractivity contribution in [3.63, 3.8) is 0 Å². The van der Waals surface area contributed by atoms with Gasteiger partial charge >= 0.3 is 0 Å². The second-order valence-corrected chi connectivity index (χ2v) is 7.82. The molecule has 4 N–H and O–H groups in total. The molecule has 0 radical (unpaired) electrons. The van der Waals surface area contributed by atoms with Crippen LogP contribution in [0.2, 0.25) is 0 Å². The molecular formula is C20H22N6OS. The fourth-order valence-corrected chi connectivity index (χ4v) is 4.12. The molecule has 3 aromatic heterocycles. The molecule has 1 atom stereocenters. The zero-order valence-electron chi connectivity index (χ0n) is 15.4. The summed E-state index contributed by atoms with van der Waals surface area (Å²) in [5.41, 5.74) is 15.4. The van der Waals surface area contributed by atoms with Gasteiger partial charge in [-0.15, -0.1) is 11.3 Å². The topological polar surface area (TPSA) is 111 Å². The van der Waals surface area contributed by atoms with Gasteiger partial charge in [0.15, 0.2) is 5.78 Å². The third kappa shape index (κ3) is 3.88. The Morgan fingerprint density at radius 1 is 1.29 bits per heavy atom. The number of rotatable bonds is 5. The van der Waals surface area contributed by atoms with Crippen molar-refractivity contribution in [3.05, 3.63) is 53.4 Å². The normalized spacial score (nSPS) is 16.9. The number of thiazole rings is 1. The van der Waals surface area contributed by atoms with Crippen molar-refractivity contribution in [1.29, 1.82) is 0 Å². The van der Waals surface area contributed by atoms with Crippen LogP contribution in [-0.2, 0) is 6.42 Å². The number of Topliss-reactive ketones (excluding diaryl/α,β-unsaturated/α-hetero) is 1. The Labute approximate surface area is 167 Å². The molecule has 1 aliphatic rings. The number of nitrogens with two attached hydrogens (primary N) is 2. The van der Waals surface area contributed by atoms with Gasteiger partial charge in [0.05, 0.1) is 11.4 Å². The lowest BCUT2D eigenvalue weighted by Crippen LogP contribution is -2.43. The van der Waals surface area contributed by atoms with Crippen molar-refractivity contribution in [2.75, 3.05) is 23.7 Å². The first-order valence-electron chi connectivity index (χ1n) is 9.25. The highest BCUT2D eigenvalue weighted by atomic mass is 32.1. The van der Waals surface area contributed by atoms with Crippen LogP contribution in [0, 0.1) is 0 Å². The zero-order chi connectivity index (χ0) is 19.5. The molecule has 4 heterocycles. The lowest BCUT2D eigenvalue weighted by molar-refractivity contribution is 0.0989. The van der Waals surface area contributed by atoms with E-state index in [2.05, 4.69) is 19.9 Å². The fraction of sp³-hybridized carbons (Fsp3) is 0.300. The van der Waals surface area contributed by atoms with Gasteiger partial charge in [0.25, 0.3) is 0 Å². The first-order chi connectivity index (χ1) is 13.6. The third-order valence-electron chi connectivity index (χ3n) is 4.87. The molecule has 0 spiro atoms. The van der Waals surface area contributed by atoms with Crippen LogP contribution in [0.3, 0.4) is 0 Å². The Bertz CT molecular complexity index is 975. The smallest absolute Gasteiger partial charge is 0.187 e.